The molecule has 148 valence electrons. The third kappa shape index (κ3) is 5.38. The summed E-state index contributed by atoms with van der Waals surface area (Å²) in [6, 6.07) is 7.40. The molecule has 4 nitrogen and oxygen atoms in total. The molecule has 0 aliphatic carbocycles. The van der Waals surface area contributed by atoms with Gasteiger partial charge in [0.15, 0.2) is 0 Å². The summed E-state index contributed by atoms with van der Waals surface area (Å²) >= 11 is 0. The van der Waals surface area contributed by atoms with Crippen LogP contribution in [0.4, 0.5) is 13.2 Å². The normalized spacial score (nSPS) is 17.5. The van der Waals surface area contributed by atoms with Crippen molar-refractivity contribution in [2.75, 3.05) is 0 Å². The minimum Gasteiger partial charge on any atom is -0.490 e. The Kier molecular flexibility index (Phi) is 5.79. The number of alkyl halides is 3. The van der Waals surface area contributed by atoms with Crippen LogP contribution in [0.5, 0.6) is 5.75 Å². The van der Waals surface area contributed by atoms with Crippen molar-refractivity contribution in [3.8, 4) is 11.8 Å². The van der Waals surface area contributed by atoms with E-state index in [-0.39, 0.29) is 12.5 Å². The molecule has 27 heavy (non-hydrogen) atoms. The van der Waals surface area contributed by atoms with Gasteiger partial charge in [-0.15, -0.1) is 0 Å². The van der Waals surface area contributed by atoms with Gasteiger partial charge in [-0.3, -0.25) is 4.79 Å². The number of fused-ring (bicyclic) bond motifs is 1. The van der Waals surface area contributed by atoms with Crippen LogP contribution in [0.1, 0.15) is 51.7 Å². The van der Waals surface area contributed by atoms with E-state index in [9.17, 15) is 18.0 Å². The van der Waals surface area contributed by atoms with Gasteiger partial charge in [0, 0.05) is 6.42 Å². The van der Waals surface area contributed by atoms with Crippen LogP contribution in [-0.2, 0) is 22.4 Å². The predicted octanol–water partition coefficient (Wildman–Crippen LogP) is 4.75. The number of carbonyl (C=O) groups is 1. The summed E-state index contributed by atoms with van der Waals surface area (Å²) in [4.78, 5) is 11.9. The third-order valence-corrected chi connectivity index (χ3v) is 4.59. The lowest BCUT2D eigenvalue weighted by Gasteiger charge is -2.30. The second-order valence-corrected chi connectivity index (χ2v) is 8.08. The van der Waals surface area contributed by atoms with Crippen LogP contribution in [0.25, 0.3) is 0 Å². The van der Waals surface area contributed by atoms with Gasteiger partial charge in [-0.05, 0) is 57.7 Å². The van der Waals surface area contributed by atoms with E-state index in [4.69, 9.17) is 10.00 Å². The van der Waals surface area contributed by atoms with Gasteiger partial charge >= 0.3 is 12.1 Å². The van der Waals surface area contributed by atoms with Gasteiger partial charge in [0.25, 0.3) is 0 Å². The largest absolute Gasteiger partial charge is 0.490 e. The number of esters is 1. The third-order valence-electron chi connectivity index (χ3n) is 4.59. The average molecular weight is 383 g/mol. The van der Waals surface area contributed by atoms with Crippen LogP contribution < -0.4 is 4.74 Å². The van der Waals surface area contributed by atoms with E-state index in [2.05, 4.69) is 10.8 Å². The van der Waals surface area contributed by atoms with Crippen LogP contribution in [0, 0.1) is 16.7 Å². The van der Waals surface area contributed by atoms with Gasteiger partial charge in [0.1, 0.15) is 11.9 Å². The summed E-state index contributed by atoms with van der Waals surface area (Å²) in [6.07, 6.45) is -2.85. The van der Waals surface area contributed by atoms with E-state index in [1.54, 1.807) is 18.2 Å². The molecule has 2 rings (SSSR count). The Morgan fingerprint density at radius 2 is 1.96 bits per heavy atom. The zero-order chi connectivity index (χ0) is 20.5. The van der Waals surface area contributed by atoms with Crippen LogP contribution in [0.15, 0.2) is 18.2 Å². The molecule has 0 amide bonds. The second kappa shape index (κ2) is 7.41. The molecular weight excluding hydrogens is 359 g/mol. The zero-order valence-electron chi connectivity index (χ0n) is 15.9. The number of aryl methyl sites for hydroxylation is 1. The molecule has 0 aromatic heterocycles. The van der Waals surface area contributed by atoms with E-state index in [0.717, 1.165) is 32.3 Å². The number of rotatable bonds is 5. The molecule has 0 bridgehead atoms. The summed E-state index contributed by atoms with van der Waals surface area (Å²) < 4.78 is 49.0. The van der Waals surface area contributed by atoms with Crippen molar-refractivity contribution in [3.05, 3.63) is 29.3 Å². The number of hydrogen-bond acceptors (Lipinski definition) is 4. The highest BCUT2D eigenvalue weighted by Gasteiger charge is 2.50. The van der Waals surface area contributed by atoms with Gasteiger partial charge in [-0.2, -0.15) is 18.4 Å². The van der Waals surface area contributed by atoms with Crippen molar-refractivity contribution in [1.29, 1.82) is 5.26 Å². The number of ether oxygens (including phenoxy) is 2. The lowest BCUT2D eigenvalue weighted by Crippen LogP contribution is -2.43. The van der Waals surface area contributed by atoms with Gasteiger partial charge in [0.2, 0.25) is 5.60 Å². The molecule has 0 saturated heterocycles. The Morgan fingerprint density at radius 1 is 1.30 bits per heavy atom. The summed E-state index contributed by atoms with van der Waals surface area (Å²) in [5, 5.41) is 9.15. The maximum absolute atomic E-state index is 12.8. The molecule has 7 heteroatoms. The Hall–Kier alpha value is -2.23. The molecule has 1 aromatic carbocycles. The first-order valence-corrected chi connectivity index (χ1v) is 8.81. The highest BCUT2D eigenvalue weighted by molar-refractivity contribution is 5.73. The first-order chi connectivity index (χ1) is 12.3. The van der Waals surface area contributed by atoms with Crippen molar-refractivity contribution in [2.24, 2.45) is 5.41 Å². The lowest BCUT2D eigenvalue weighted by atomic mass is 9.85. The molecule has 0 radical (unpaired) electrons. The Bertz CT molecular complexity index is 748. The van der Waals surface area contributed by atoms with Crippen molar-refractivity contribution in [1.82, 2.24) is 0 Å². The molecule has 0 N–H and O–H groups in total. The Balaban J connectivity index is 2.02. The number of carbonyl (C=O) groups excluding carboxylic acids is 1. The highest BCUT2D eigenvalue weighted by atomic mass is 19.4. The molecule has 1 atom stereocenters. The summed E-state index contributed by atoms with van der Waals surface area (Å²) in [6.45, 7) is 5.38. The molecule has 1 aliphatic rings. The second-order valence-electron chi connectivity index (χ2n) is 8.08. The fourth-order valence-corrected chi connectivity index (χ4v) is 2.91. The molecule has 1 heterocycles. The number of nitrogens with zero attached hydrogens (tertiary/aromatic N) is 1. The van der Waals surface area contributed by atoms with Gasteiger partial charge in [-0.25, -0.2) is 0 Å². The van der Waals surface area contributed by atoms with Crippen LogP contribution in [-0.4, -0.2) is 23.9 Å². The fourth-order valence-electron chi connectivity index (χ4n) is 2.91. The minimum absolute atomic E-state index is 0.0597. The molecule has 0 spiro atoms. The van der Waals surface area contributed by atoms with E-state index < -0.39 is 23.2 Å². The van der Waals surface area contributed by atoms with Gasteiger partial charge in [-0.1, -0.05) is 12.1 Å². The first kappa shape index (κ1) is 21.1. The van der Waals surface area contributed by atoms with Crippen LogP contribution >= 0.6 is 0 Å². The average Bonchev–Trinajstić information content (AvgIpc) is 2.53. The van der Waals surface area contributed by atoms with Crippen molar-refractivity contribution in [2.45, 2.75) is 71.3 Å². The Morgan fingerprint density at radius 3 is 2.56 bits per heavy atom. The molecule has 1 aromatic rings. The first-order valence-electron chi connectivity index (χ1n) is 8.81. The molecule has 0 fully saturated rings. The number of nitriles is 1. The topological polar surface area (TPSA) is 59.3 Å². The standard InChI is InChI=1S/C20H24F3NO3/c1-18(2,12-24)11-15-7-6-14-9-13(5-8-16(14)26-15)10-17(25)27-19(3,4)20(21,22)23/h5,8-9,15H,6-7,10-11H2,1-4H3/t15-/m0/s1. The monoisotopic (exact) mass is 383 g/mol. The zero-order valence-corrected chi connectivity index (χ0v) is 15.9. The predicted molar refractivity (Wildman–Crippen MR) is 93.1 cm³/mol. The van der Waals surface area contributed by atoms with E-state index in [0.29, 0.717) is 17.7 Å². The lowest BCUT2D eigenvalue weighted by molar-refractivity contribution is -0.257. The van der Waals surface area contributed by atoms with Gasteiger partial charge in [0.05, 0.1) is 17.9 Å². The Labute approximate surface area is 157 Å². The van der Waals surface area contributed by atoms with Crippen LogP contribution in [0.3, 0.4) is 0 Å². The van der Waals surface area contributed by atoms with E-state index >= 15 is 0 Å². The van der Waals surface area contributed by atoms with Crippen molar-refractivity contribution in [3.63, 3.8) is 0 Å². The molecule has 0 unspecified atom stereocenters. The van der Waals surface area contributed by atoms with Crippen LogP contribution in [0.2, 0.25) is 0 Å². The summed E-state index contributed by atoms with van der Waals surface area (Å²) in [5.74, 6) is -0.240. The number of halogens is 3. The molecular formula is C20H24F3NO3. The van der Waals surface area contributed by atoms with Crippen molar-refractivity contribution >= 4 is 5.97 Å². The SMILES string of the molecule is CC(C)(C#N)C[C@@H]1CCc2cc(CC(=O)OC(C)(C)C(F)(F)F)ccc2O1. The van der Waals surface area contributed by atoms with E-state index in [1.165, 1.54) is 0 Å². The molecule has 1 aliphatic heterocycles. The highest BCUT2D eigenvalue weighted by Crippen LogP contribution is 2.35. The summed E-state index contributed by atoms with van der Waals surface area (Å²) in [5.41, 5.74) is -1.52. The van der Waals surface area contributed by atoms with Gasteiger partial charge < -0.3 is 9.47 Å². The number of benzene rings is 1. The van der Waals surface area contributed by atoms with E-state index in [1.807, 2.05) is 13.8 Å². The fraction of sp³-hybridized carbons (Fsp3) is 0.600. The molecule has 0 saturated carbocycles. The smallest absolute Gasteiger partial charge is 0.427 e. The number of hydrogen-bond donors (Lipinski definition) is 0. The van der Waals surface area contributed by atoms with Crippen molar-refractivity contribution < 1.29 is 27.4 Å². The maximum atomic E-state index is 12.8. The maximum Gasteiger partial charge on any atom is 0.427 e. The minimum atomic E-state index is -4.63. The quantitative estimate of drug-likeness (QED) is 0.689. The summed E-state index contributed by atoms with van der Waals surface area (Å²) in [7, 11) is 0.